The second-order valence-electron chi connectivity index (χ2n) is 4.99. The van der Waals surface area contributed by atoms with E-state index in [0.29, 0.717) is 16.8 Å². The average Bonchev–Trinajstić information content (AvgIpc) is 2.37. The number of nitrogens with one attached hydrogen (secondary N) is 1. The Hall–Kier alpha value is -0.750. The summed E-state index contributed by atoms with van der Waals surface area (Å²) in [7, 11) is 0. The molecule has 0 spiro atoms. The molecule has 0 aliphatic carbocycles. The van der Waals surface area contributed by atoms with Gasteiger partial charge in [0.15, 0.2) is 0 Å². The van der Waals surface area contributed by atoms with Crippen molar-refractivity contribution < 1.29 is 17.9 Å². The number of rotatable bonds is 3. The molecule has 0 radical (unpaired) electrons. The van der Waals surface area contributed by atoms with Crippen molar-refractivity contribution in [2.45, 2.75) is 44.5 Å². The van der Waals surface area contributed by atoms with Crippen LogP contribution in [0, 0.1) is 0 Å². The molecule has 112 valence electrons. The van der Waals surface area contributed by atoms with Crippen molar-refractivity contribution in [3.8, 4) is 0 Å². The van der Waals surface area contributed by atoms with Crippen LogP contribution in [-0.2, 0) is 10.9 Å². The van der Waals surface area contributed by atoms with Crippen molar-refractivity contribution in [2.75, 3.05) is 11.9 Å². The van der Waals surface area contributed by atoms with Gasteiger partial charge in [-0.2, -0.15) is 13.2 Å². The van der Waals surface area contributed by atoms with Gasteiger partial charge in [-0.3, -0.25) is 0 Å². The molecule has 0 saturated carbocycles. The first-order chi connectivity index (χ1) is 9.38. The van der Waals surface area contributed by atoms with Crippen LogP contribution in [0.5, 0.6) is 0 Å². The fourth-order valence-electron chi connectivity index (χ4n) is 2.37. The van der Waals surface area contributed by atoms with E-state index in [1.54, 1.807) is 6.07 Å². The summed E-state index contributed by atoms with van der Waals surface area (Å²) in [6.07, 6.45) is -1.59. The summed E-state index contributed by atoms with van der Waals surface area (Å²) in [5.74, 6) is 0. The van der Waals surface area contributed by atoms with Crippen LogP contribution in [0.3, 0.4) is 0 Å². The molecule has 1 heterocycles. The summed E-state index contributed by atoms with van der Waals surface area (Å²) >= 11 is 3.13. The minimum Gasteiger partial charge on any atom is -0.382 e. The number of alkyl halides is 3. The van der Waals surface area contributed by atoms with Gasteiger partial charge in [-0.1, -0.05) is 22.9 Å². The van der Waals surface area contributed by atoms with Crippen LogP contribution in [0.2, 0.25) is 0 Å². The SMILES string of the molecule is CCC1CC(Nc2cc(Br)cc(C(F)(F)F)c2)CCO1. The maximum Gasteiger partial charge on any atom is 0.416 e. The highest BCUT2D eigenvalue weighted by Gasteiger charge is 2.31. The van der Waals surface area contributed by atoms with E-state index in [0.717, 1.165) is 31.4 Å². The Morgan fingerprint density at radius 1 is 1.35 bits per heavy atom. The lowest BCUT2D eigenvalue weighted by Gasteiger charge is -2.30. The molecule has 20 heavy (non-hydrogen) atoms. The first-order valence-electron chi connectivity index (χ1n) is 6.64. The molecule has 2 atom stereocenters. The van der Waals surface area contributed by atoms with E-state index in [9.17, 15) is 13.2 Å². The lowest BCUT2D eigenvalue weighted by atomic mass is 10.0. The zero-order valence-corrected chi connectivity index (χ0v) is 12.7. The molecule has 1 aromatic carbocycles. The van der Waals surface area contributed by atoms with Crippen molar-refractivity contribution in [2.24, 2.45) is 0 Å². The summed E-state index contributed by atoms with van der Waals surface area (Å²) in [6, 6.07) is 4.07. The monoisotopic (exact) mass is 351 g/mol. The largest absolute Gasteiger partial charge is 0.416 e. The molecule has 1 N–H and O–H groups in total. The first-order valence-corrected chi connectivity index (χ1v) is 7.43. The van der Waals surface area contributed by atoms with E-state index in [-0.39, 0.29) is 12.1 Å². The minimum absolute atomic E-state index is 0.157. The Balaban J connectivity index is 2.11. The molecule has 1 aromatic rings. The fourth-order valence-corrected chi connectivity index (χ4v) is 2.86. The van der Waals surface area contributed by atoms with Gasteiger partial charge in [0.2, 0.25) is 0 Å². The highest BCUT2D eigenvalue weighted by molar-refractivity contribution is 9.10. The zero-order chi connectivity index (χ0) is 14.8. The van der Waals surface area contributed by atoms with Crippen molar-refractivity contribution in [1.29, 1.82) is 0 Å². The molecule has 2 rings (SSSR count). The summed E-state index contributed by atoms with van der Waals surface area (Å²) in [5.41, 5.74) is -0.151. The Morgan fingerprint density at radius 2 is 2.10 bits per heavy atom. The van der Waals surface area contributed by atoms with Crippen LogP contribution in [0.1, 0.15) is 31.7 Å². The molecular weight excluding hydrogens is 335 g/mol. The van der Waals surface area contributed by atoms with Gasteiger partial charge in [-0.05, 0) is 37.5 Å². The highest BCUT2D eigenvalue weighted by Crippen LogP contribution is 2.34. The Kier molecular flexibility index (Phi) is 4.96. The van der Waals surface area contributed by atoms with Crippen molar-refractivity contribution in [3.63, 3.8) is 0 Å². The van der Waals surface area contributed by atoms with Crippen LogP contribution < -0.4 is 5.32 Å². The van der Waals surface area contributed by atoms with Crippen molar-refractivity contribution in [1.82, 2.24) is 0 Å². The topological polar surface area (TPSA) is 21.3 Å². The van der Waals surface area contributed by atoms with E-state index in [4.69, 9.17) is 4.74 Å². The van der Waals surface area contributed by atoms with Gasteiger partial charge in [0, 0.05) is 22.8 Å². The van der Waals surface area contributed by atoms with Crippen molar-refractivity contribution >= 4 is 21.6 Å². The lowest BCUT2D eigenvalue weighted by Crippen LogP contribution is -2.33. The summed E-state index contributed by atoms with van der Waals surface area (Å²) < 4.78 is 44.3. The van der Waals surface area contributed by atoms with Crippen LogP contribution in [0.4, 0.5) is 18.9 Å². The molecule has 1 saturated heterocycles. The first kappa shape index (κ1) is 15.6. The normalized spacial score (nSPS) is 23.6. The van der Waals surface area contributed by atoms with Crippen LogP contribution >= 0.6 is 15.9 Å². The summed E-state index contributed by atoms with van der Waals surface area (Å²) in [4.78, 5) is 0. The van der Waals surface area contributed by atoms with Gasteiger partial charge >= 0.3 is 6.18 Å². The summed E-state index contributed by atoms with van der Waals surface area (Å²) in [6.45, 7) is 2.70. The molecule has 1 aliphatic rings. The number of benzene rings is 1. The Labute approximate surface area is 124 Å². The molecular formula is C14H17BrF3NO. The zero-order valence-electron chi connectivity index (χ0n) is 11.1. The number of hydrogen-bond acceptors (Lipinski definition) is 2. The molecule has 1 fully saturated rings. The molecule has 0 amide bonds. The third-order valence-corrected chi connectivity index (χ3v) is 3.88. The molecule has 6 heteroatoms. The second-order valence-corrected chi connectivity index (χ2v) is 5.91. The molecule has 2 nitrogen and oxygen atoms in total. The average molecular weight is 352 g/mol. The van der Waals surface area contributed by atoms with Crippen LogP contribution in [-0.4, -0.2) is 18.8 Å². The maximum absolute atomic E-state index is 12.8. The third-order valence-electron chi connectivity index (χ3n) is 3.42. The predicted molar refractivity (Wildman–Crippen MR) is 75.8 cm³/mol. The number of anilines is 1. The van der Waals surface area contributed by atoms with E-state index in [2.05, 4.69) is 21.2 Å². The van der Waals surface area contributed by atoms with E-state index in [1.165, 1.54) is 0 Å². The van der Waals surface area contributed by atoms with Gasteiger partial charge in [-0.15, -0.1) is 0 Å². The summed E-state index contributed by atoms with van der Waals surface area (Å²) in [5, 5.41) is 3.19. The minimum atomic E-state index is -4.33. The van der Waals surface area contributed by atoms with Crippen molar-refractivity contribution in [3.05, 3.63) is 28.2 Å². The van der Waals surface area contributed by atoms with Crippen LogP contribution in [0.25, 0.3) is 0 Å². The highest BCUT2D eigenvalue weighted by atomic mass is 79.9. The van der Waals surface area contributed by atoms with Gasteiger partial charge in [0.1, 0.15) is 0 Å². The number of ether oxygens (including phenoxy) is 1. The lowest BCUT2D eigenvalue weighted by molar-refractivity contribution is -0.137. The molecule has 1 aliphatic heterocycles. The molecule has 0 bridgehead atoms. The molecule has 2 unspecified atom stereocenters. The van der Waals surface area contributed by atoms with E-state index < -0.39 is 11.7 Å². The predicted octanol–water partition coefficient (Wildman–Crippen LogP) is 4.84. The standard InChI is InChI=1S/C14H17BrF3NO/c1-2-13-8-11(3-4-20-13)19-12-6-9(14(16,17)18)5-10(15)7-12/h5-7,11,13,19H,2-4,8H2,1H3. The quantitative estimate of drug-likeness (QED) is 0.841. The van der Waals surface area contributed by atoms with E-state index >= 15 is 0 Å². The van der Waals surface area contributed by atoms with Crippen LogP contribution in [0.15, 0.2) is 22.7 Å². The Bertz CT molecular complexity index is 464. The maximum atomic E-state index is 12.8. The van der Waals surface area contributed by atoms with Gasteiger partial charge < -0.3 is 10.1 Å². The second kappa shape index (κ2) is 6.35. The smallest absolute Gasteiger partial charge is 0.382 e. The number of halogens is 4. The van der Waals surface area contributed by atoms with Gasteiger partial charge in [-0.25, -0.2) is 0 Å². The van der Waals surface area contributed by atoms with Gasteiger partial charge in [0.05, 0.1) is 11.7 Å². The van der Waals surface area contributed by atoms with Gasteiger partial charge in [0.25, 0.3) is 0 Å². The number of hydrogen-bond donors (Lipinski definition) is 1. The molecule has 0 aromatic heterocycles. The third kappa shape index (κ3) is 4.12. The van der Waals surface area contributed by atoms with E-state index in [1.807, 2.05) is 6.92 Å². The Morgan fingerprint density at radius 3 is 2.75 bits per heavy atom. The fraction of sp³-hybridized carbons (Fsp3) is 0.571.